The Bertz CT molecular complexity index is 882. The highest BCUT2D eigenvalue weighted by atomic mass is 79.9. The molecule has 0 aliphatic rings. The summed E-state index contributed by atoms with van der Waals surface area (Å²) in [5, 5.41) is 0.920. The molecule has 30 heavy (non-hydrogen) atoms. The lowest BCUT2D eigenvalue weighted by Gasteiger charge is -2.11. The third kappa shape index (κ3) is 8.02. The Hall–Kier alpha value is -2.00. The summed E-state index contributed by atoms with van der Waals surface area (Å²) < 4.78 is 16.6. The minimum Gasteiger partial charge on any atom is -0.492 e. The molecular weight excluding hydrogens is 499 g/mol. The average molecular weight is 520 g/mol. The van der Waals surface area contributed by atoms with E-state index in [1.54, 1.807) is 43.5 Å². The number of hydrogen-bond donors (Lipinski definition) is 2. The van der Waals surface area contributed by atoms with E-state index < -0.39 is 5.91 Å². The zero-order chi connectivity index (χ0) is 21.9. The number of halogens is 3. The van der Waals surface area contributed by atoms with Crippen molar-refractivity contribution in [3.63, 3.8) is 0 Å². The molecule has 7 nitrogen and oxygen atoms in total. The van der Waals surface area contributed by atoms with Gasteiger partial charge in [0.25, 0.3) is 5.91 Å². The van der Waals surface area contributed by atoms with Gasteiger partial charge in [-0.3, -0.25) is 20.4 Å². The van der Waals surface area contributed by atoms with Crippen LogP contribution in [0.3, 0.4) is 0 Å². The van der Waals surface area contributed by atoms with Crippen LogP contribution in [-0.2, 0) is 9.53 Å². The fourth-order valence-electron chi connectivity index (χ4n) is 2.26. The van der Waals surface area contributed by atoms with Crippen molar-refractivity contribution in [3.05, 3.63) is 56.5 Å². The molecule has 2 rings (SSSR count). The van der Waals surface area contributed by atoms with Gasteiger partial charge in [-0.15, -0.1) is 0 Å². The molecular formula is C20H21BrCl2N2O5. The highest BCUT2D eigenvalue weighted by Gasteiger charge is 2.11. The fraction of sp³-hybridized carbons (Fsp3) is 0.300. The topological polar surface area (TPSA) is 85.9 Å². The molecule has 0 atom stereocenters. The number of methoxy groups -OCH3 is 1. The summed E-state index contributed by atoms with van der Waals surface area (Å²) >= 11 is 15.2. The second kappa shape index (κ2) is 12.6. The highest BCUT2D eigenvalue weighted by molar-refractivity contribution is 9.10. The molecule has 162 valence electrons. The summed E-state index contributed by atoms with van der Waals surface area (Å²) in [6.45, 7) is 1.14. The van der Waals surface area contributed by atoms with E-state index in [0.717, 1.165) is 0 Å². The van der Waals surface area contributed by atoms with E-state index in [9.17, 15) is 9.59 Å². The summed E-state index contributed by atoms with van der Waals surface area (Å²) in [6, 6.07) is 9.77. The number of hydrogen-bond acceptors (Lipinski definition) is 5. The number of carbonyl (C=O) groups excluding carboxylic acids is 2. The van der Waals surface area contributed by atoms with Gasteiger partial charge in [0, 0.05) is 24.1 Å². The standard InChI is InChI=1S/C20H21BrCl2N2O5/c1-28-9-10-30-17-6-4-13(11-15(17)21)20(27)25-24-19(26)3-2-8-29-18-7-5-14(22)12-16(18)23/h4-7,11-12H,2-3,8-10H2,1H3,(H,24,26)(H,25,27). The molecule has 0 radical (unpaired) electrons. The van der Waals surface area contributed by atoms with Crippen molar-refractivity contribution in [2.24, 2.45) is 0 Å². The lowest BCUT2D eigenvalue weighted by atomic mass is 10.2. The summed E-state index contributed by atoms with van der Waals surface area (Å²) in [7, 11) is 1.59. The number of hydrazine groups is 1. The van der Waals surface area contributed by atoms with Gasteiger partial charge < -0.3 is 14.2 Å². The van der Waals surface area contributed by atoms with Crippen molar-refractivity contribution >= 4 is 50.9 Å². The molecule has 0 aliphatic heterocycles. The van der Waals surface area contributed by atoms with Crippen LogP contribution in [0.5, 0.6) is 11.5 Å². The van der Waals surface area contributed by atoms with Crippen LogP contribution in [0.4, 0.5) is 0 Å². The van der Waals surface area contributed by atoms with Crippen molar-refractivity contribution in [1.82, 2.24) is 10.9 Å². The lowest BCUT2D eigenvalue weighted by Crippen LogP contribution is -2.41. The summed E-state index contributed by atoms with van der Waals surface area (Å²) in [5.74, 6) is 0.299. The molecule has 2 amide bonds. The van der Waals surface area contributed by atoms with Gasteiger partial charge in [0.15, 0.2) is 0 Å². The van der Waals surface area contributed by atoms with Gasteiger partial charge in [-0.25, -0.2) is 0 Å². The number of carbonyl (C=O) groups is 2. The Morgan fingerprint density at radius 1 is 0.967 bits per heavy atom. The smallest absolute Gasteiger partial charge is 0.269 e. The van der Waals surface area contributed by atoms with E-state index in [1.165, 1.54) is 0 Å². The number of amides is 2. The van der Waals surface area contributed by atoms with E-state index in [-0.39, 0.29) is 12.3 Å². The zero-order valence-electron chi connectivity index (χ0n) is 16.2. The van der Waals surface area contributed by atoms with E-state index in [2.05, 4.69) is 26.8 Å². The first-order valence-electron chi connectivity index (χ1n) is 8.99. The molecule has 0 spiro atoms. The maximum Gasteiger partial charge on any atom is 0.269 e. The summed E-state index contributed by atoms with van der Waals surface area (Å²) in [6.07, 6.45) is 0.612. The number of ether oxygens (including phenoxy) is 3. The Balaban J connectivity index is 1.71. The Kier molecular flexibility index (Phi) is 10.2. The van der Waals surface area contributed by atoms with Crippen molar-refractivity contribution in [2.75, 3.05) is 26.9 Å². The molecule has 0 saturated carbocycles. The maximum absolute atomic E-state index is 12.2. The number of rotatable bonds is 10. The van der Waals surface area contributed by atoms with Crippen LogP contribution in [-0.4, -0.2) is 38.7 Å². The van der Waals surface area contributed by atoms with Gasteiger partial charge in [-0.2, -0.15) is 0 Å². The first kappa shape index (κ1) is 24.3. The third-order valence-corrected chi connectivity index (χ3v) is 4.90. The average Bonchev–Trinajstić information content (AvgIpc) is 2.72. The first-order valence-corrected chi connectivity index (χ1v) is 10.5. The quantitative estimate of drug-likeness (QED) is 0.359. The predicted octanol–water partition coefficient (Wildman–Crippen LogP) is 4.40. The van der Waals surface area contributed by atoms with Gasteiger partial charge in [0.1, 0.15) is 18.1 Å². The summed E-state index contributed by atoms with van der Waals surface area (Å²) in [4.78, 5) is 24.1. The van der Waals surface area contributed by atoms with Crippen LogP contribution in [0.2, 0.25) is 10.0 Å². The van der Waals surface area contributed by atoms with Crippen LogP contribution in [0.25, 0.3) is 0 Å². The Morgan fingerprint density at radius 2 is 1.70 bits per heavy atom. The zero-order valence-corrected chi connectivity index (χ0v) is 19.3. The SMILES string of the molecule is COCCOc1ccc(C(=O)NNC(=O)CCCOc2ccc(Cl)cc2Cl)cc1Br. The monoisotopic (exact) mass is 518 g/mol. The second-order valence-electron chi connectivity index (χ2n) is 6.02. The van der Waals surface area contributed by atoms with Crippen molar-refractivity contribution in [3.8, 4) is 11.5 Å². The molecule has 0 heterocycles. The van der Waals surface area contributed by atoms with Crippen molar-refractivity contribution < 1.29 is 23.8 Å². The van der Waals surface area contributed by atoms with E-state index >= 15 is 0 Å². The van der Waals surface area contributed by atoms with E-state index in [0.29, 0.717) is 57.8 Å². The van der Waals surface area contributed by atoms with Crippen LogP contribution in [0.15, 0.2) is 40.9 Å². The van der Waals surface area contributed by atoms with Crippen molar-refractivity contribution in [1.29, 1.82) is 0 Å². The molecule has 0 aliphatic carbocycles. The maximum atomic E-state index is 12.2. The molecule has 10 heteroatoms. The summed E-state index contributed by atoms with van der Waals surface area (Å²) in [5.41, 5.74) is 5.11. The van der Waals surface area contributed by atoms with Crippen LogP contribution < -0.4 is 20.3 Å². The van der Waals surface area contributed by atoms with Crippen LogP contribution in [0.1, 0.15) is 23.2 Å². The molecule has 2 aromatic carbocycles. The minimum absolute atomic E-state index is 0.168. The lowest BCUT2D eigenvalue weighted by molar-refractivity contribution is -0.122. The molecule has 0 unspecified atom stereocenters. The molecule has 2 N–H and O–H groups in total. The predicted molar refractivity (Wildman–Crippen MR) is 118 cm³/mol. The normalized spacial score (nSPS) is 10.4. The first-order chi connectivity index (χ1) is 14.4. The highest BCUT2D eigenvalue weighted by Crippen LogP contribution is 2.28. The fourth-order valence-corrected chi connectivity index (χ4v) is 3.22. The largest absolute Gasteiger partial charge is 0.492 e. The second-order valence-corrected chi connectivity index (χ2v) is 7.71. The van der Waals surface area contributed by atoms with Gasteiger partial charge in [-0.1, -0.05) is 23.2 Å². The van der Waals surface area contributed by atoms with Gasteiger partial charge in [0.2, 0.25) is 5.91 Å². The van der Waals surface area contributed by atoms with Gasteiger partial charge in [-0.05, 0) is 58.7 Å². The Morgan fingerprint density at radius 3 is 2.40 bits per heavy atom. The van der Waals surface area contributed by atoms with E-state index in [1.807, 2.05) is 0 Å². The molecule has 0 fully saturated rings. The molecule has 0 aromatic heterocycles. The van der Waals surface area contributed by atoms with Crippen LogP contribution in [0, 0.1) is 0 Å². The molecule has 0 bridgehead atoms. The van der Waals surface area contributed by atoms with Gasteiger partial charge in [0.05, 0.1) is 22.7 Å². The molecule has 2 aromatic rings. The molecule has 0 saturated heterocycles. The van der Waals surface area contributed by atoms with E-state index in [4.69, 9.17) is 37.4 Å². The minimum atomic E-state index is -0.448. The van der Waals surface area contributed by atoms with Gasteiger partial charge >= 0.3 is 0 Å². The van der Waals surface area contributed by atoms with Crippen LogP contribution >= 0.6 is 39.1 Å². The number of nitrogens with one attached hydrogen (secondary N) is 2. The Labute approximate surface area is 193 Å². The number of benzene rings is 2. The van der Waals surface area contributed by atoms with Crippen molar-refractivity contribution in [2.45, 2.75) is 12.8 Å². The third-order valence-electron chi connectivity index (χ3n) is 3.75.